The Morgan fingerprint density at radius 3 is 1.47 bits per heavy atom. The zero-order valence-electron chi connectivity index (χ0n) is 38.6. The van der Waals surface area contributed by atoms with Gasteiger partial charge in [-0.05, 0) is 38.5 Å². The Hall–Kier alpha value is -1.27. The first kappa shape index (κ1) is 56.9. The topological polar surface area (TPSA) is 214 Å². The van der Waals surface area contributed by atoms with Crippen molar-refractivity contribution in [3.63, 3.8) is 0 Å². The molecule has 62 heavy (non-hydrogen) atoms. The van der Waals surface area contributed by atoms with Crippen molar-refractivity contribution in [2.45, 2.75) is 255 Å². The number of hydrogen-bond donors (Lipinski definition) is 7. The quantitative estimate of drug-likeness (QED) is 0.0195. The van der Waals surface area contributed by atoms with E-state index in [2.05, 4.69) is 26.0 Å². The molecule has 0 aliphatic carbocycles. The second-order valence-corrected chi connectivity index (χ2v) is 17.6. The molecule has 2 fully saturated rings. The summed E-state index contributed by atoms with van der Waals surface area (Å²) in [6.07, 6.45) is 19.9. The standard InChI is InChI=1S/C48H90O14/c1-3-5-7-9-11-13-15-17-18-19-20-22-24-26-28-30-32-57-34-37(60-40(50)31-29-27-25-23-21-16-14-12-10-8-6-4-2)35-58-47-46(56)44(54)42(52)39(62-47)36-59-48-45(55)43(53)41(51)38(33-49)61-48/h17-18,37-39,41-49,51-56H,3-16,19-36H2,1-2H3/b18-17-. The molecule has 0 amide bonds. The maximum absolute atomic E-state index is 13.0. The maximum Gasteiger partial charge on any atom is 0.306 e. The average molecular weight is 891 g/mol. The van der Waals surface area contributed by atoms with Crippen LogP contribution in [0.4, 0.5) is 0 Å². The van der Waals surface area contributed by atoms with Crippen molar-refractivity contribution >= 4 is 5.97 Å². The van der Waals surface area contributed by atoms with Crippen molar-refractivity contribution in [2.75, 3.05) is 33.0 Å². The van der Waals surface area contributed by atoms with Gasteiger partial charge in [0, 0.05) is 13.0 Å². The minimum atomic E-state index is -1.70. The second-order valence-electron chi connectivity index (χ2n) is 17.6. The fraction of sp³-hybridized carbons (Fsp3) is 0.938. The SMILES string of the molecule is CCCCCCCC/C=C\CCCCCCCCOCC(COC1OC(COC2OC(CO)C(O)C(O)C2O)C(O)C(O)C1O)OC(=O)CCCCCCCCCCCCCC. The van der Waals surface area contributed by atoms with Gasteiger partial charge >= 0.3 is 5.97 Å². The van der Waals surface area contributed by atoms with Crippen LogP contribution >= 0.6 is 0 Å². The molecule has 2 rings (SSSR count). The molecule has 2 heterocycles. The van der Waals surface area contributed by atoms with E-state index in [1.807, 2.05) is 0 Å². The van der Waals surface area contributed by atoms with E-state index in [-0.39, 0.29) is 25.6 Å². The number of ether oxygens (including phenoxy) is 6. The second kappa shape index (κ2) is 36.9. The van der Waals surface area contributed by atoms with Gasteiger partial charge in [-0.25, -0.2) is 0 Å². The third-order valence-corrected chi connectivity index (χ3v) is 12.0. The fourth-order valence-corrected chi connectivity index (χ4v) is 7.93. The molecule has 0 saturated carbocycles. The summed E-state index contributed by atoms with van der Waals surface area (Å²) in [7, 11) is 0. The summed E-state index contributed by atoms with van der Waals surface area (Å²) in [5, 5.41) is 72.0. The van der Waals surface area contributed by atoms with Gasteiger partial charge in [0.25, 0.3) is 0 Å². The van der Waals surface area contributed by atoms with Gasteiger partial charge in [-0.2, -0.15) is 0 Å². The Balaban J connectivity index is 1.78. The Bertz CT molecular complexity index is 1080. The van der Waals surface area contributed by atoms with Crippen molar-refractivity contribution in [1.82, 2.24) is 0 Å². The van der Waals surface area contributed by atoms with Crippen molar-refractivity contribution in [2.24, 2.45) is 0 Å². The number of hydrogen-bond acceptors (Lipinski definition) is 14. The number of aliphatic hydroxyl groups excluding tert-OH is 7. The van der Waals surface area contributed by atoms with Crippen molar-refractivity contribution in [1.29, 1.82) is 0 Å². The van der Waals surface area contributed by atoms with E-state index in [4.69, 9.17) is 28.4 Å². The molecule has 2 saturated heterocycles. The number of carbonyl (C=O) groups is 1. The summed E-state index contributed by atoms with van der Waals surface area (Å²) >= 11 is 0. The first-order valence-electron chi connectivity index (χ1n) is 24.8. The molecule has 0 spiro atoms. The lowest BCUT2D eigenvalue weighted by Gasteiger charge is -2.42. The highest BCUT2D eigenvalue weighted by Crippen LogP contribution is 2.26. The molecule has 2 aliphatic rings. The summed E-state index contributed by atoms with van der Waals surface area (Å²) in [6.45, 7) is 3.68. The highest BCUT2D eigenvalue weighted by Gasteiger charge is 2.47. The minimum Gasteiger partial charge on any atom is -0.457 e. The third kappa shape index (κ3) is 24.9. The Morgan fingerprint density at radius 1 is 0.516 bits per heavy atom. The third-order valence-electron chi connectivity index (χ3n) is 12.0. The van der Waals surface area contributed by atoms with Crippen LogP contribution in [0.2, 0.25) is 0 Å². The Kier molecular flexibility index (Phi) is 33.8. The number of rotatable bonds is 39. The first-order valence-corrected chi connectivity index (χ1v) is 24.8. The first-order chi connectivity index (χ1) is 30.1. The van der Waals surface area contributed by atoms with Crippen molar-refractivity contribution in [3.8, 4) is 0 Å². The van der Waals surface area contributed by atoms with Gasteiger partial charge in [0.2, 0.25) is 0 Å². The summed E-state index contributed by atoms with van der Waals surface area (Å²) in [5.74, 6) is -0.377. The maximum atomic E-state index is 13.0. The number of esters is 1. The normalized spacial score (nSPS) is 27.2. The predicted octanol–water partition coefficient (Wildman–Crippen LogP) is 6.68. The van der Waals surface area contributed by atoms with Crippen LogP contribution in [0.3, 0.4) is 0 Å². The highest BCUT2D eigenvalue weighted by molar-refractivity contribution is 5.69. The van der Waals surface area contributed by atoms with Crippen molar-refractivity contribution in [3.05, 3.63) is 12.2 Å². The molecular weight excluding hydrogens is 801 g/mol. The molecule has 11 atom stereocenters. The van der Waals surface area contributed by atoms with Gasteiger partial charge < -0.3 is 64.2 Å². The van der Waals surface area contributed by atoms with Crippen LogP contribution in [-0.4, -0.2) is 142 Å². The summed E-state index contributed by atoms with van der Waals surface area (Å²) in [5.41, 5.74) is 0. The molecule has 7 N–H and O–H groups in total. The van der Waals surface area contributed by atoms with E-state index in [1.165, 1.54) is 116 Å². The Morgan fingerprint density at radius 2 is 0.952 bits per heavy atom. The van der Waals surface area contributed by atoms with Gasteiger partial charge in [-0.1, -0.05) is 154 Å². The van der Waals surface area contributed by atoms with Gasteiger partial charge in [0.05, 0.1) is 26.4 Å². The summed E-state index contributed by atoms with van der Waals surface area (Å²) in [4.78, 5) is 13.0. The molecule has 0 radical (unpaired) electrons. The van der Waals surface area contributed by atoms with Crippen LogP contribution in [0.25, 0.3) is 0 Å². The van der Waals surface area contributed by atoms with Crippen LogP contribution in [0.1, 0.15) is 187 Å². The number of aliphatic hydroxyl groups is 7. The zero-order chi connectivity index (χ0) is 45.2. The zero-order valence-corrected chi connectivity index (χ0v) is 38.6. The van der Waals surface area contributed by atoms with Crippen molar-refractivity contribution < 1.29 is 69.0 Å². The molecular formula is C48H90O14. The molecule has 14 heteroatoms. The van der Waals surface area contributed by atoms with E-state index in [0.29, 0.717) is 13.0 Å². The Labute approximate surface area is 374 Å². The molecule has 0 aromatic rings. The van der Waals surface area contributed by atoms with E-state index in [0.717, 1.165) is 44.9 Å². The molecule has 14 nitrogen and oxygen atoms in total. The van der Waals surface area contributed by atoms with Gasteiger partial charge in [0.15, 0.2) is 12.6 Å². The fourth-order valence-electron chi connectivity index (χ4n) is 7.93. The molecule has 0 aromatic carbocycles. The van der Waals surface area contributed by atoms with E-state index < -0.39 is 80.7 Å². The predicted molar refractivity (Wildman–Crippen MR) is 238 cm³/mol. The molecule has 11 unspecified atom stereocenters. The minimum absolute atomic E-state index is 0.0624. The van der Waals surface area contributed by atoms with Gasteiger partial charge in [0.1, 0.15) is 54.9 Å². The molecule has 0 aromatic heterocycles. The van der Waals surface area contributed by atoms with Crippen LogP contribution in [-0.2, 0) is 33.2 Å². The van der Waals surface area contributed by atoms with E-state index in [9.17, 15) is 40.5 Å². The molecule has 366 valence electrons. The number of unbranched alkanes of at least 4 members (excludes halogenated alkanes) is 23. The summed E-state index contributed by atoms with van der Waals surface area (Å²) in [6, 6.07) is 0. The van der Waals surface area contributed by atoms with E-state index in [1.54, 1.807) is 0 Å². The lowest BCUT2D eigenvalue weighted by Crippen LogP contribution is -2.61. The highest BCUT2D eigenvalue weighted by atomic mass is 16.7. The van der Waals surface area contributed by atoms with Gasteiger partial charge in [-0.3, -0.25) is 4.79 Å². The monoisotopic (exact) mass is 891 g/mol. The largest absolute Gasteiger partial charge is 0.457 e. The number of allylic oxidation sites excluding steroid dienone is 2. The summed E-state index contributed by atoms with van der Waals surface area (Å²) < 4.78 is 34.2. The lowest BCUT2D eigenvalue weighted by atomic mass is 9.98. The number of carbonyl (C=O) groups excluding carboxylic acids is 1. The molecule has 2 aliphatic heterocycles. The van der Waals surface area contributed by atoms with Crippen LogP contribution in [0, 0.1) is 0 Å². The van der Waals surface area contributed by atoms with Gasteiger partial charge in [-0.15, -0.1) is 0 Å². The van der Waals surface area contributed by atoms with E-state index >= 15 is 0 Å². The molecule has 0 bridgehead atoms. The van der Waals surface area contributed by atoms with Crippen LogP contribution in [0.15, 0.2) is 12.2 Å². The average Bonchev–Trinajstić information content (AvgIpc) is 3.27. The smallest absolute Gasteiger partial charge is 0.306 e. The van der Waals surface area contributed by atoms with Crippen LogP contribution in [0.5, 0.6) is 0 Å². The van der Waals surface area contributed by atoms with Crippen LogP contribution < -0.4 is 0 Å². The lowest BCUT2D eigenvalue weighted by molar-refractivity contribution is -0.332.